The Hall–Kier alpha value is -0.770. The SMILES string of the molecule is Cc1cc(C)c(N2CCNCC2CCO)c(Cl)c1. The summed E-state index contributed by atoms with van der Waals surface area (Å²) in [5.41, 5.74) is 3.53. The molecule has 1 atom stereocenters. The van der Waals surface area contributed by atoms with Crippen molar-refractivity contribution < 1.29 is 5.11 Å². The van der Waals surface area contributed by atoms with E-state index in [1.54, 1.807) is 0 Å². The molecule has 1 aromatic rings. The number of rotatable bonds is 3. The Morgan fingerprint density at radius 1 is 1.44 bits per heavy atom. The van der Waals surface area contributed by atoms with Crippen molar-refractivity contribution in [2.75, 3.05) is 31.1 Å². The summed E-state index contributed by atoms with van der Waals surface area (Å²) in [4.78, 5) is 2.34. The van der Waals surface area contributed by atoms with Gasteiger partial charge in [-0.25, -0.2) is 0 Å². The Bertz CT molecular complexity index is 397. The second kappa shape index (κ2) is 5.91. The van der Waals surface area contributed by atoms with Crippen molar-refractivity contribution in [3.8, 4) is 0 Å². The van der Waals surface area contributed by atoms with Crippen molar-refractivity contribution in [3.63, 3.8) is 0 Å². The summed E-state index contributed by atoms with van der Waals surface area (Å²) in [6.07, 6.45) is 0.774. The van der Waals surface area contributed by atoms with Gasteiger partial charge in [0.15, 0.2) is 0 Å². The molecule has 1 aliphatic rings. The Kier molecular flexibility index (Phi) is 4.49. The van der Waals surface area contributed by atoms with E-state index in [1.807, 2.05) is 6.07 Å². The third-order valence-corrected chi connectivity index (χ3v) is 3.79. The number of nitrogens with one attached hydrogen (secondary N) is 1. The molecule has 1 aromatic carbocycles. The first-order chi connectivity index (χ1) is 8.63. The molecule has 4 heteroatoms. The van der Waals surface area contributed by atoms with E-state index in [0.29, 0.717) is 6.04 Å². The molecule has 18 heavy (non-hydrogen) atoms. The van der Waals surface area contributed by atoms with Crippen molar-refractivity contribution in [1.29, 1.82) is 0 Å². The van der Waals surface area contributed by atoms with Gasteiger partial charge in [-0.2, -0.15) is 0 Å². The highest BCUT2D eigenvalue weighted by atomic mass is 35.5. The summed E-state index contributed by atoms with van der Waals surface area (Å²) in [7, 11) is 0. The fourth-order valence-electron chi connectivity index (χ4n) is 2.73. The topological polar surface area (TPSA) is 35.5 Å². The van der Waals surface area contributed by atoms with E-state index in [9.17, 15) is 5.11 Å². The van der Waals surface area contributed by atoms with Gasteiger partial charge in [0.05, 0.1) is 10.7 Å². The van der Waals surface area contributed by atoms with E-state index in [-0.39, 0.29) is 6.61 Å². The molecule has 1 unspecified atom stereocenters. The quantitative estimate of drug-likeness (QED) is 0.882. The van der Waals surface area contributed by atoms with E-state index < -0.39 is 0 Å². The average molecular weight is 269 g/mol. The monoisotopic (exact) mass is 268 g/mol. The van der Waals surface area contributed by atoms with E-state index in [4.69, 9.17) is 11.6 Å². The maximum atomic E-state index is 9.18. The first kappa shape index (κ1) is 13.7. The molecular weight excluding hydrogens is 248 g/mol. The van der Waals surface area contributed by atoms with Crippen LogP contribution >= 0.6 is 11.6 Å². The Labute approximate surface area is 114 Å². The number of aliphatic hydroxyl groups is 1. The first-order valence-corrected chi connectivity index (χ1v) is 6.86. The van der Waals surface area contributed by atoms with Gasteiger partial charge in [-0.15, -0.1) is 0 Å². The van der Waals surface area contributed by atoms with Gasteiger partial charge in [-0.3, -0.25) is 0 Å². The third kappa shape index (κ3) is 2.79. The number of piperazine rings is 1. The van der Waals surface area contributed by atoms with Crippen LogP contribution in [0.25, 0.3) is 0 Å². The zero-order valence-corrected chi connectivity index (χ0v) is 11.8. The minimum atomic E-state index is 0.214. The Morgan fingerprint density at radius 3 is 2.89 bits per heavy atom. The number of aliphatic hydroxyl groups excluding tert-OH is 1. The largest absolute Gasteiger partial charge is 0.396 e. The number of hydrogen-bond donors (Lipinski definition) is 2. The lowest BCUT2D eigenvalue weighted by atomic mass is 10.0. The molecule has 2 rings (SSSR count). The lowest BCUT2D eigenvalue weighted by Crippen LogP contribution is -2.52. The van der Waals surface area contributed by atoms with E-state index >= 15 is 0 Å². The summed E-state index contributed by atoms with van der Waals surface area (Å²) in [6.45, 7) is 7.19. The molecule has 0 amide bonds. The molecule has 3 nitrogen and oxygen atoms in total. The molecule has 1 heterocycles. The number of halogens is 1. The molecule has 0 saturated carbocycles. The second-order valence-corrected chi connectivity index (χ2v) is 5.38. The number of hydrogen-bond acceptors (Lipinski definition) is 3. The molecule has 1 saturated heterocycles. The van der Waals surface area contributed by atoms with E-state index in [1.165, 1.54) is 11.1 Å². The normalized spacial score (nSPS) is 20.2. The van der Waals surface area contributed by atoms with Crippen molar-refractivity contribution in [2.45, 2.75) is 26.3 Å². The van der Waals surface area contributed by atoms with Crippen LogP contribution in [0.15, 0.2) is 12.1 Å². The van der Waals surface area contributed by atoms with Crippen LogP contribution in [0, 0.1) is 13.8 Å². The van der Waals surface area contributed by atoms with Crippen molar-refractivity contribution in [2.24, 2.45) is 0 Å². The molecular formula is C14H21ClN2O. The maximum Gasteiger partial charge on any atom is 0.0645 e. The van der Waals surface area contributed by atoms with Gasteiger partial charge in [0.2, 0.25) is 0 Å². The summed E-state index contributed by atoms with van der Waals surface area (Å²) in [5, 5.41) is 13.4. The van der Waals surface area contributed by atoms with Gasteiger partial charge in [-0.05, 0) is 37.5 Å². The lowest BCUT2D eigenvalue weighted by molar-refractivity contribution is 0.266. The fourth-order valence-corrected chi connectivity index (χ4v) is 3.16. The summed E-state index contributed by atoms with van der Waals surface area (Å²) < 4.78 is 0. The predicted molar refractivity (Wildman–Crippen MR) is 76.6 cm³/mol. The molecule has 1 aliphatic heterocycles. The lowest BCUT2D eigenvalue weighted by Gasteiger charge is -2.39. The zero-order valence-electron chi connectivity index (χ0n) is 11.0. The van der Waals surface area contributed by atoms with Crippen LogP contribution < -0.4 is 10.2 Å². The number of benzene rings is 1. The van der Waals surface area contributed by atoms with E-state index in [2.05, 4.69) is 30.1 Å². The highest BCUT2D eigenvalue weighted by molar-refractivity contribution is 6.33. The van der Waals surface area contributed by atoms with Gasteiger partial charge in [0.1, 0.15) is 0 Å². The molecule has 0 aromatic heterocycles. The summed E-state index contributed by atoms with van der Waals surface area (Å²) in [5.74, 6) is 0. The molecule has 0 aliphatic carbocycles. The van der Waals surface area contributed by atoms with Crippen molar-refractivity contribution >= 4 is 17.3 Å². The van der Waals surface area contributed by atoms with Gasteiger partial charge < -0.3 is 15.3 Å². The minimum absolute atomic E-state index is 0.214. The average Bonchev–Trinajstić information content (AvgIpc) is 2.30. The molecule has 0 bridgehead atoms. The smallest absolute Gasteiger partial charge is 0.0645 e. The van der Waals surface area contributed by atoms with Gasteiger partial charge in [0, 0.05) is 32.3 Å². The molecule has 0 radical (unpaired) electrons. The number of aryl methyl sites for hydroxylation is 2. The predicted octanol–water partition coefficient (Wildman–Crippen LogP) is 2.12. The van der Waals surface area contributed by atoms with Crippen molar-refractivity contribution in [3.05, 3.63) is 28.3 Å². The highest BCUT2D eigenvalue weighted by Gasteiger charge is 2.24. The number of nitrogens with zero attached hydrogens (tertiary/aromatic N) is 1. The first-order valence-electron chi connectivity index (χ1n) is 6.48. The molecule has 1 fully saturated rings. The van der Waals surface area contributed by atoms with Gasteiger partial charge >= 0.3 is 0 Å². The van der Waals surface area contributed by atoms with Crippen LogP contribution in [0.5, 0.6) is 0 Å². The van der Waals surface area contributed by atoms with Crippen LogP contribution in [-0.4, -0.2) is 37.4 Å². The van der Waals surface area contributed by atoms with Crippen LogP contribution in [0.4, 0.5) is 5.69 Å². The standard InChI is InChI=1S/C14H21ClN2O/c1-10-7-11(2)14(13(15)8-10)17-5-4-16-9-12(17)3-6-18/h7-8,12,16,18H,3-6,9H2,1-2H3. The number of anilines is 1. The zero-order chi connectivity index (χ0) is 13.1. The Balaban J connectivity index is 2.33. The third-order valence-electron chi connectivity index (χ3n) is 3.50. The summed E-state index contributed by atoms with van der Waals surface area (Å²) >= 11 is 6.41. The molecule has 100 valence electrons. The Morgan fingerprint density at radius 2 is 2.22 bits per heavy atom. The van der Waals surface area contributed by atoms with E-state index in [0.717, 1.165) is 36.8 Å². The van der Waals surface area contributed by atoms with Crippen molar-refractivity contribution in [1.82, 2.24) is 5.32 Å². The maximum absolute atomic E-state index is 9.18. The molecule has 2 N–H and O–H groups in total. The van der Waals surface area contributed by atoms with Crippen LogP contribution in [0.2, 0.25) is 5.02 Å². The van der Waals surface area contributed by atoms with Gasteiger partial charge in [-0.1, -0.05) is 17.7 Å². The minimum Gasteiger partial charge on any atom is -0.396 e. The summed E-state index contributed by atoms with van der Waals surface area (Å²) in [6, 6.07) is 4.50. The van der Waals surface area contributed by atoms with Crippen LogP contribution in [-0.2, 0) is 0 Å². The molecule has 0 spiro atoms. The highest BCUT2D eigenvalue weighted by Crippen LogP contribution is 2.33. The fraction of sp³-hybridized carbons (Fsp3) is 0.571. The van der Waals surface area contributed by atoms with Crippen LogP contribution in [0.3, 0.4) is 0 Å². The van der Waals surface area contributed by atoms with Crippen LogP contribution in [0.1, 0.15) is 17.5 Å². The van der Waals surface area contributed by atoms with Gasteiger partial charge in [0.25, 0.3) is 0 Å². The second-order valence-electron chi connectivity index (χ2n) is 4.98.